The molecule has 4 heterocycles. The molecule has 10 heteroatoms. The van der Waals surface area contributed by atoms with Gasteiger partial charge in [0.1, 0.15) is 10.6 Å². The number of para-hydroxylation sites is 2. The number of aryl methyl sites for hydroxylation is 1. The molecule has 220 valence electrons. The van der Waals surface area contributed by atoms with E-state index in [-0.39, 0.29) is 30.4 Å². The van der Waals surface area contributed by atoms with Gasteiger partial charge < -0.3 is 9.64 Å². The number of hydrogen-bond donors (Lipinski definition) is 0. The van der Waals surface area contributed by atoms with Gasteiger partial charge in [-0.1, -0.05) is 42.5 Å². The molecule has 41 heavy (non-hydrogen) atoms. The van der Waals surface area contributed by atoms with Crippen LogP contribution in [0.3, 0.4) is 0 Å². The number of fused-ring (bicyclic) bond motifs is 3. The van der Waals surface area contributed by atoms with Crippen molar-refractivity contribution >= 4 is 52.1 Å². The summed E-state index contributed by atoms with van der Waals surface area (Å²) in [6.07, 6.45) is 4.96. The van der Waals surface area contributed by atoms with E-state index in [4.69, 9.17) is 9.72 Å². The van der Waals surface area contributed by atoms with Crippen molar-refractivity contribution in [1.82, 2.24) is 19.4 Å². The van der Waals surface area contributed by atoms with Gasteiger partial charge >= 0.3 is 0 Å². The molecule has 1 saturated heterocycles. The summed E-state index contributed by atoms with van der Waals surface area (Å²) in [7, 11) is 1.73. The van der Waals surface area contributed by atoms with Crippen LogP contribution in [0.25, 0.3) is 10.2 Å². The molecule has 7 nitrogen and oxygen atoms in total. The molecule has 4 aromatic rings. The molecule has 1 fully saturated rings. The average Bonchev–Trinajstić information content (AvgIpc) is 3.36. The summed E-state index contributed by atoms with van der Waals surface area (Å²) < 4.78 is 7.38. The first kappa shape index (κ1) is 31.3. The lowest BCUT2D eigenvalue weighted by Crippen LogP contribution is -2.47. The second kappa shape index (κ2) is 14.5. The number of ether oxygens (including phenoxy) is 1. The average molecular weight is 617 g/mol. The number of rotatable bonds is 9. The van der Waals surface area contributed by atoms with Crippen molar-refractivity contribution in [3.63, 3.8) is 0 Å². The number of anilines is 1. The zero-order valence-corrected chi connectivity index (χ0v) is 26.0. The topological polar surface area (TPSA) is 53.8 Å². The van der Waals surface area contributed by atoms with Crippen LogP contribution >= 0.6 is 36.2 Å². The SMILES string of the molecule is COc1ccccc1N1CCN(CCn2cnc3sc4c(c3c2=O)CCN(CCCc2ccccc2)C4)CC1.Cl.Cl. The Bertz CT molecular complexity index is 1470. The van der Waals surface area contributed by atoms with Crippen molar-refractivity contribution in [3.05, 3.63) is 87.3 Å². The molecule has 0 amide bonds. The molecule has 2 aliphatic rings. The minimum absolute atomic E-state index is 0. The van der Waals surface area contributed by atoms with E-state index >= 15 is 0 Å². The lowest BCUT2D eigenvalue weighted by molar-refractivity contribution is 0.246. The fraction of sp³-hybridized carbons (Fsp3) is 0.419. The van der Waals surface area contributed by atoms with Gasteiger partial charge in [-0.3, -0.25) is 19.2 Å². The van der Waals surface area contributed by atoms with Gasteiger partial charge in [-0.2, -0.15) is 0 Å². The van der Waals surface area contributed by atoms with Crippen molar-refractivity contribution in [2.75, 3.05) is 57.8 Å². The van der Waals surface area contributed by atoms with Crippen LogP contribution in [0.2, 0.25) is 0 Å². The number of halogens is 2. The van der Waals surface area contributed by atoms with Gasteiger partial charge in [0.05, 0.1) is 24.5 Å². The van der Waals surface area contributed by atoms with Crippen LogP contribution in [-0.2, 0) is 25.9 Å². The van der Waals surface area contributed by atoms with Crippen LogP contribution in [0.5, 0.6) is 5.75 Å². The van der Waals surface area contributed by atoms with Crippen molar-refractivity contribution in [2.45, 2.75) is 32.4 Å². The molecular weight excluding hydrogens is 577 g/mol. The van der Waals surface area contributed by atoms with Crippen LogP contribution in [-0.4, -0.2) is 72.3 Å². The van der Waals surface area contributed by atoms with E-state index in [1.807, 2.05) is 16.7 Å². The highest BCUT2D eigenvalue weighted by atomic mass is 35.5. The van der Waals surface area contributed by atoms with Gasteiger partial charge in [-0.25, -0.2) is 4.98 Å². The third kappa shape index (κ3) is 7.07. The molecule has 2 aromatic carbocycles. The van der Waals surface area contributed by atoms with Gasteiger partial charge in [0.15, 0.2) is 0 Å². The summed E-state index contributed by atoms with van der Waals surface area (Å²) in [6.45, 7) is 8.40. The Morgan fingerprint density at radius 1 is 0.878 bits per heavy atom. The van der Waals surface area contributed by atoms with Crippen LogP contribution in [0.4, 0.5) is 5.69 Å². The van der Waals surface area contributed by atoms with Gasteiger partial charge in [-0.15, -0.1) is 36.2 Å². The maximum absolute atomic E-state index is 13.5. The number of thiophene rings is 1. The molecule has 6 rings (SSSR count). The molecule has 0 atom stereocenters. The second-order valence-corrected chi connectivity index (χ2v) is 11.6. The third-order valence-corrected chi connectivity index (χ3v) is 9.27. The predicted molar refractivity (Wildman–Crippen MR) is 174 cm³/mol. The van der Waals surface area contributed by atoms with E-state index in [2.05, 4.69) is 57.2 Å². The van der Waals surface area contributed by atoms with E-state index in [1.54, 1.807) is 24.8 Å². The molecule has 2 aliphatic heterocycles. The van der Waals surface area contributed by atoms with Crippen LogP contribution in [0.15, 0.2) is 65.7 Å². The van der Waals surface area contributed by atoms with E-state index in [9.17, 15) is 4.79 Å². The summed E-state index contributed by atoms with van der Waals surface area (Å²) in [5, 5.41) is 0.863. The molecule has 0 aliphatic carbocycles. The fourth-order valence-corrected chi connectivity index (χ4v) is 7.15. The lowest BCUT2D eigenvalue weighted by atomic mass is 10.0. The summed E-state index contributed by atoms with van der Waals surface area (Å²) >= 11 is 1.71. The quantitative estimate of drug-likeness (QED) is 0.260. The first-order valence-electron chi connectivity index (χ1n) is 14.1. The van der Waals surface area contributed by atoms with E-state index < -0.39 is 0 Å². The highest BCUT2D eigenvalue weighted by Gasteiger charge is 2.24. The summed E-state index contributed by atoms with van der Waals surface area (Å²) in [6, 6.07) is 18.9. The Morgan fingerprint density at radius 3 is 2.41 bits per heavy atom. The first-order chi connectivity index (χ1) is 19.2. The van der Waals surface area contributed by atoms with Gasteiger partial charge in [0.2, 0.25) is 0 Å². The third-order valence-electron chi connectivity index (χ3n) is 8.14. The van der Waals surface area contributed by atoms with Gasteiger partial charge in [0.25, 0.3) is 5.56 Å². The number of aromatic nitrogens is 2. The van der Waals surface area contributed by atoms with Crippen molar-refractivity contribution < 1.29 is 4.74 Å². The zero-order valence-electron chi connectivity index (χ0n) is 23.5. The van der Waals surface area contributed by atoms with Crippen molar-refractivity contribution in [2.24, 2.45) is 0 Å². The van der Waals surface area contributed by atoms with Crippen molar-refractivity contribution in [3.8, 4) is 5.75 Å². The molecule has 0 radical (unpaired) electrons. The zero-order chi connectivity index (χ0) is 26.6. The molecule has 0 spiro atoms. The predicted octanol–water partition coefficient (Wildman–Crippen LogP) is 5.12. The maximum atomic E-state index is 13.5. The maximum Gasteiger partial charge on any atom is 0.262 e. The molecule has 0 N–H and O–H groups in total. The Labute approximate surface area is 258 Å². The van der Waals surface area contributed by atoms with E-state index in [0.29, 0.717) is 6.54 Å². The molecule has 0 unspecified atom stereocenters. The summed E-state index contributed by atoms with van der Waals surface area (Å²) in [5.74, 6) is 0.922. The largest absolute Gasteiger partial charge is 0.495 e. The highest BCUT2D eigenvalue weighted by molar-refractivity contribution is 7.18. The number of hydrogen-bond acceptors (Lipinski definition) is 7. The summed E-state index contributed by atoms with van der Waals surface area (Å²) in [5.41, 5.74) is 3.93. The van der Waals surface area contributed by atoms with Crippen LogP contribution < -0.4 is 15.2 Å². The number of benzene rings is 2. The van der Waals surface area contributed by atoms with Gasteiger partial charge in [-0.05, 0) is 49.1 Å². The highest BCUT2D eigenvalue weighted by Crippen LogP contribution is 2.32. The molecule has 2 aromatic heterocycles. The van der Waals surface area contributed by atoms with Crippen LogP contribution in [0, 0.1) is 0 Å². The van der Waals surface area contributed by atoms with Gasteiger partial charge in [0, 0.05) is 57.2 Å². The fourth-order valence-electron chi connectivity index (χ4n) is 5.93. The number of methoxy groups -OCH3 is 1. The number of nitrogens with zero attached hydrogens (tertiary/aromatic N) is 5. The number of piperazine rings is 1. The first-order valence-corrected chi connectivity index (χ1v) is 14.9. The van der Waals surface area contributed by atoms with Crippen LogP contribution in [0.1, 0.15) is 22.4 Å². The Balaban J connectivity index is 0.00000194. The Morgan fingerprint density at radius 2 is 1.63 bits per heavy atom. The standard InChI is InChI=1S/C31H37N5O2S.2ClH/c1-38-27-12-6-5-11-26(27)35-19-16-33(17-20-35)18-21-36-23-32-30-29(31(36)37)25-13-15-34(22-28(25)39-30)14-7-10-24-8-3-2-4-9-24;;/h2-6,8-9,11-12,23H,7,10,13-22H2,1H3;2*1H. The minimum atomic E-state index is 0. The van der Waals surface area contributed by atoms with Crippen molar-refractivity contribution in [1.29, 1.82) is 0 Å². The second-order valence-electron chi connectivity index (χ2n) is 10.5. The minimum Gasteiger partial charge on any atom is -0.495 e. The normalized spacial score (nSPS) is 15.7. The summed E-state index contributed by atoms with van der Waals surface area (Å²) in [4.78, 5) is 27.8. The van der Waals surface area contributed by atoms with E-state index in [0.717, 1.165) is 93.3 Å². The lowest BCUT2D eigenvalue weighted by Gasteiger charge is -2.36. The monoisotopic (exact) mass is 615 g/mol. The molecule has 0 bridgehead atoms. The van der Waals surface area contributed by atoms with E-state index in [1.165, 1.54) is 16.0 Å². The Hall–Kier alpha value is -2.62. The molecule has 0 saturated carbocycles. The molecular formula is C31H39Cl2N5O2S. The Kier molecular flexibility index (Phi) is 11.1. The smallest absolute Gasteiger partial charge is 0.262 e.